The number of hydrogen-bond donors (Lipinski definition) is 0. The van der Waals surface area contributed by atoms with Gasteiger partial charge in [0.1, 0.15) is 5.69 Å². The lowest BCUT2D eigenvalue weighted by Gasteiger charge is -2.03. The van der Waals surface area contributed by atoms with Gasteiger partial charge in [0.05, 0.1) is 11.9 Å². The maximum Gasteiger partial charge on any atom is 0.106 e. The summed E-state index contributed by atoms with van der Waals surface area (Å²) < 4.78 is 1.81. The molecule has 21 heavy (non-hydrogen) atoms. The van der Waals surface area contributed by atoms with Gasteiger partial charge in [0.15, 0.2) is 0 Å². The summed E-state index contributed by atoms with van der Waals surface area (Å²) in [7, 11) is 0. The molecule has 3 aromatic rings. The molecule has 0 fully saturated rings. The SMILES string of the molecule is Cc1cc(C)cc(-n2cc(/C=C/c3ccccc3)nn2)c1. The first-order chi connectivity index (χ1) is 10.2. The number of aromatic nitrogens is 3. The molecule has 0 aliphatic rings. The van der Waals surface area contributed by atoms with Crippen LogP contribution in [0, 0.1) is 13.8 Å². The molecule has 1 heterocycles. The normalized spacial score (nSPS) is 11.1. The van der Waals surface area contributed by atoms with Gasteiger partial charge < -0.3 is 0 Å². The number of nitrogens with zero attached hydrogens (tertiary/aromatic N) is 3. The summed E-state index contributed by atoms with van der Waals surface area (Å²) in [5.74, 6) is 0. The van der Waals surface area contributed by atoms with Crippen LogP contribution in [0.15, 0.2) is 54.7 Å². The van der Waals surface area contributed by atoms with Gasteiger partial charge in [-0.25, -0.2) is 4.68 Å². The molecule has 0 radical (unpaired) electrons. The highest BCUT2D eigenvalue weighted by molar-refractivity contribution is 5.67. The second kappa shape index (κ2) is 5.75. The molecular weight excluding hydrogens is 258 g/mol. The van der Waals surface area contributed by atoms with Gasteiger partial charge in [0.25, 0.3) is 0 Å². The molecule has 2 aromatic carbocycles. The van der Waals surface area contributed by atoms with Crippen LogP contribution in [0.5, 0.6) is 0 Å². The Bertz CT molecular complexity index is 750. The van der Waals surface area contributed by atoms with Crippen LogP contribution < -0.4 is 0 Å². The molecule has 0 bridgehead atoms. The summed E-state index contributed by atoms with van der Waals surface area (Å²) in [6.07, 6.45) is 5.95. The minimum atomic E-state index is 0.845. The third-order valence-electron chi connectivity index (χ3n) is 3.23. The lowest BCUT2D eigenvalue weighted by Crippen LogP contribution is -1.96. The fraction of sp³-hybridized carbons (Fsp3) is 0.111. The second-order valence-corrected chi connectivity index (χ2v) is 5.18. The maximum absolute atomic E-state index is 4.20. The van der Waals surface area contributed by atoms with Crippen molar-refractivity contribution in [2.75, 3.05) is 0 Å². The first kappa shape index (κ1) is 13.3. The van der Waals surface area contributed by atoms with Gasteiger partial charge in [-0.2, -0.15) is 0 Å². The van der Waals surface area contributed by atoms with E-state index in [1.165, 1.54) is 11.1 Å². The highest BCUT2D eigenvalue weighted by Crippen LogP contribution is 2.13. The van der Waals surface area contributed by atoms with Crippen molar-refractivity contribution in [3.63, 3.8) is 0 Å². The molecule has 0 amide bonds. The quantitative estimate of drug-likeness (QED) is 0.722. The van der Waals surface area contributed by atoms with E-state index in [0.717, 1.165) is 16.9 Å². The van der Waals surface area contributed by atoms with E-state index in [1.807, 2.05) is 41.2 Å². The third kappa shape index (κ3) is 3.26. The molecular formula is C18H17N3. The molecule has 3 rings (SSSR count). The van der Waals surface area contributed by atoms with Crippen molar-refractivity contribution in [1.29, 1.82) is 0 Å². The molecule has 0 saturated heterocycles. The van der Waals surface area contributed by atoms with E-state index in [2.05, 4.69) is 54.5 Å². The van der Waals surface area contributed by atoms with Crippen LogP contribution in [0.2, 0.25) is 0 Å². The third-order valence-corrected chi connectivity index (χ3v) is 3.23. The topological polar surface area (TPSA) is 30.7 Å². The Morgan fingerprint density at radius 3 is 2.33 bits per heavy atom. The molecule has 0 unspecified atom stereocenters. The Morgan fingerprint density at radius 1 is 0.905 bits per heavy atom. The van der Waals surface area contributed by atoms with E-state index in [4.69, 9.17) is 0 Å². The van der Waals surface area contributed by atoms with Gasteiger partial charge >= 0.3 is 0 Å². The van der Waals surface area contributed by atoms with Crippen LogP contribution in [0.1, 0.15) is 22.4 Å². The van der Waals surface area contributed by atoms with E-state index < -0.39 is 0 Å². The number of hydrogen-bond acceptors (Lipinski definition) is 2. The fourth-order valence-corrected chi connectivity index (χ4v) is 2.31. The van der Waals surface area contributed by atoms with Crippen LogP contribution in [-0.2, 0) is 0 Å². The van der Waals surface area contributed by atoms with Crippen molar-refractivity contribution in [2.45, 2.75) is 13.8 Å². The average molecular weight is 275 g/mol. The van der Waals surface area contributed by atoms with Crippen molar-refractivity contribution in [3.05, 3.63) is 77.1 Å². The number of benzene rings is 2. The average Bonchev–Trinajstić information content (AvgIpc) is 2.94. The zero-order chi connectivity index (χ0) is 14.7. The zero-order valence-corrected chi connectivity index (χ0v) is 12.2. The monoisotopic (exact) mass is 275 g/mol. The van der Waals surface area contributed by atoms with Crippen LogP contribution in [0.25, 0.3) is 17.8 Å². The second-order valence-electron chi connectivity index (χ2n) is 5.18. The molecule has 104 valence electrons. The Kier molecular flexibility index (Phi) is 3.65. The summed E-state index contributed by atoms with van der Waals surface area (Å²) in [4.78, 5) is 0. The van der Waals surface area contributed by atoms with Crippen LogP contribution in [-0.4, -0.2) is 15.0 Å². The van der Waals surface area contributed by atoms with Crippen molar-refractivity contribution < 1.29 is 0 Å². The van der Waals surface area contributed by atoms with Crippen LogP contribution >= 0.6 is 0 Å². The Balaban J connectivity index is 1.85. The van der Waals surface area contributed by atoms with Crippen molar-refractivity contribution >= 4 is 12.2 Å². The summed E-state index contributed by atoms with van der Waals surface area (Å²) in [6, 6.07) is 16.5. The van der Waals surface area contributed by atoms with Gasteiger partial charge in [-0.3, -0.25) is 0 Å². The number of aryl methyl sites for hydroxylation is 2. The van der Waals surface area contributed by atoms with E-state index in [9.17, 15) is 0 Å². The Morgan fingerprint density at radius 2 is 1.62 bits per heavy atom. The lowest BCUT2D eigenvalue weighted by molar-refractivity contribution is 0.801. The summed E-state index contributed by atoms with van der Waals surface area (Å²) in [5, 5.41) is 8.39. The van der Waals surface area contributed by atoms with Gasteiger partial charge in [0, 0.05) is 0 Å². The van der Waals surface area contributed by atoms with E-state index in [0.29, 0.717) is 0 Å². The molecule has 0 saturated carbocycles. The molecule has 0 aliphatic carbocycles. The summed E-state index contributed by atoms with van der Waals surface area (Å²) >= 11 is 0. The van der Waals surface area contributed by atoms with Gasteiger partial charge in [0.2, 0.25) is 0 Å². The van der Waals surface area contributed by atoms with Crippen molar-refractivity contribution in [3.8, 4) is 5.69 Å². The Labute approximate surface area is 124 Å². The van der Waals surface area contributed by atoms with Crippen molar-refractivity contribution in [2.24, 2.45) is 0 Å². The maximum atomic E-state index is 4.20. The minimum absolute atomic E-state index is 0.845. The van der Waals surface area contributed by atoms with E-state index in [1.54, 1.807) is 0 Å². The van der Waals surface area contributed by atoms with Gasteiger partial charge in [-0.1, -0.05) is 47.7 Å². The highest BCUT2D eigenvalue weighted by Gasteiger charge is 2.02. The first-order valence-corrected chi connectivity index (χ1v) is 6.95. The van der Waals surface area contributed by atoms with Gasteiger partial charge in [-0.15, -0.1) is 5.10 Å². The first-order valence-electron chi connectivity index (χ1n) is 6.95. The van der Waals surface area contributed by atoms with E-state index >= 15 is 0 Å². The Hall–Kier alpha value is -2.68. The molecule has 1 aromatic heterocycles. The molecule has 0 atom stereocenters. The summed E-state index contributed by atoms with van der Waals surface area (Å²) in [6.45, 7) is 4.17. The molecule has 3 heteroatoms. The minimum Gasteiger partial charge on any atom is -0.220 e. The van der Waals surface area contributed by atoms with Crippen molar-refractivity contribution in [1.82, 2.24) is 15.0 Å². The zero-order valence-electron chi connectivity index (χ0n) is 12.2. The molecule has 3 nitrogen and oxygen atoms in total. The highest BCUT2D eigenvalue weighted by atomic mass is 15.4. The predicted molar refractivity (Wildman–Crippen MR) is 86.2 cm³/mol. The smallest absolute Gasteiger partial charge is 0.106 e. The largest absolute Gasteiger partial charge is 0.220 e. The molecule has 0 aliphatic heterocycles. The van der Waals surface area contributed by atoms with E-state index in [-0.39, 0.29) is 0 Å². The summed E-state index contributed by atoms with van der Waals surface area (Å²) in [5.41, 5.74) is 5.49. The molecule has 0 spiro atoms. The number of rotatable bonds is 3. The predicted octanol–water partition coefficient (Wildman–Crippen LogP) is 4.05. The van der Waals surface area contributed by atoms with Crippen LogP contribution in [0.4, 0.5) is 0 Å². The fourth-order valence-electron chi connectivity index (χ4n) is 2.31. The lowest BCUT2D eigenvalue weighted by atomic mass is 10.1. The molecule has 0 N–H and O–H groups in total. The van der Waals surface area contributed by atoms with Gasteiger partial charge in [-0.05, 0) is 48.7 Å². The van der Waals surface area contributed by atoms with Crippen LogP contribution in [0.3, 0.4) is 0 Å². The standard InChI is InChI=1S/C18H17N3/c1-14-10-15(2)12-18(11-14)21-13-17(19-20-21)9-8-16-6-4-3-5-7-16/h3-13H,1-2H3/b9-8+.